The predicted molar refractivity (Wildman–Crippen MR) is 36.5 cm³/mol. The van der Waals surface area contributed by atoms with Crippen LogP contribution in [0.25, 0.3) is 0 Å². The minimum atomic E-state index is -0.0116. The van der Waals surface area contributed by atoms with Gasteiger partial charge in [0.1, 0.15) is 0 Å². The van der Waals surface area contributed by atoms with Crippen LogP contribution in [0.15, 0.2) is 0 Å². The third-order valence-corrected chi connectivity index (χ3v) is 1.18. The fourth-order valence-electron chi connectivity index (χ4n) is 0.424. The standard InChI is InChI=1S/C6H12N2O/c1-4-6(9)8(3)5(2)7/h7H,4H2,1-3H3. The molecule has 0 fully saturated rings. The molecule has 0 heterocycles. The highest BCUT2D eigenvalue weighted by molar-refractivity contribution is 5.94. The number of rotatable bonds is 1. The van der Waals surface area contributed by atoms with E-state index in [1.54, 1.807) is 20.9 Å². The first-order valence-corrected chi connectivity index (χ1v) is 2.91. The smallest absolute Gasteiger partial charge is 0.227 e. The van der Waals surface area contributed by atoms with Crippen molar-refractivity contribution in [3.05, 3.63) is 0 Å². The van der Waals surface area contributed by atoms with Crippen molar-refractivity contribution in [3.63, 3.8) is 0 Å². The van der Waals surface area contributed by atoms with Gasteiger partial charge in [-0.3, -0.25) is 10.2 Å². The number of carbonyl (C=O) groups excluding carboxylic acids is 1. The van der Waals surface area contributed by atoms with E-state index in [2.05, 4.69) is 0 Å². The fraction of sp³-hybridized carbons (Fsp3) is 0.667. The maximum absolute atomic E-state index is 10.7. The molecular formula is C6H12N2O. The van der Waals surface area contributed by atoms with Gasteiger partial charge >= 0.3 is 0 Å². The largest absolute Gasteiger partial charge is 0.304 e. The topological polar surface area (TPSA) is 44.2 Å². The molecule has 0 unspecified atom stereocenters. The molecule has 0 saturated heterocycles. The Bertz CT molecular complexity index is 131. The van der Waals surface area contributed by atoms with Crippen LogP contribution in [0.3, 0.4) is 0 Å². The van der Waals surface area contributed by atoms with Crippen molar-refractivity contribution in [1.29, 1.82) is 5.41 Å². The lowest BCUT2D eigenvalue weighted by atomic mass is 10.4. The molecule has 9 heavy (non-hydrogen) atoms. The number of amidine groups is 1. The summed E-state index contributed by atoms with van der Waals surface area (Å²) in [7, 11) is 1.61. The SMILES string of the molecule is CCC(=O)N(C)C(C)=N. The second-order valence-electron chi connectivity index (χ2n) is 1.89. The second kappa shape index (κ2) is 3.22. The lowest BCUT2D eigenvalue weighted by molar-refractivity contribution is -0.126. The Morgan fingerprint density at radius 3 is 2.22 bits per heavy atom. The zero-order valence-electron chi connectivity index (χ0n) is 6.06. The van der Waals surface area contributed by atoms with E-state index < -0.39 is 0 Å². The fourth-order valence-corrected chi connectivity index (χ4v) is 0.424. The van der Waals surface area contributed by atoms with E-state index in [0.717, 1.165) is 0 Å². The molecule has 0 aliphatic rings. The van der Waals surface area contributed by atoms with Crippen LogP contribution >= 0.6 is 0 Å². The average Bonchev–Trinajstić information content (AvgIpc) is 1.84. The monoisotopic (exact) mass is 128 g/mol. The summed E-state index contributed by atoms with van der Waals surface area (Å²) in [5.41, 5.74) is 0. The molecule has 1 N–H and O–H groups in total. The van der Waals surface area contributed by atoms with E-state index in [0.29, 0.717) is 12.3 Å². The van der Waals surface area contributed by atoms with Crippen molar-refractivity contribution in [1.82, 2.24) is 4.90 Å². The number of carbonyl (C=O) groups is 1. The van der Waals surface area contributed by atoms with Gasteiger partial charge in [0, 0.05) is 13.5 Å². The first kappa shape index (κ1) is 8.14. The number of hydrogen-bond donors (Lipinski definition) is 1. The molecule has 3 heteroatoms. The Labute approximate surface area is 55.2 Å². The maximum atomic E-state index is 10.7. The van der Waals surface area contributed by atoms with Crippen molar-refractivity contribution < 1.29 is 4.79 Å². The van der Waals surface area contributed by atoms with E-state index in [9.17, 15) is 4.79 Å². The third kappa shape index (κ3) is 2.26. The van der Waals surface area contributed by atoms with Crippen LogP contribution in [0.5, 0.6) is 0 Å². The minimum absolute atomic E-state index is 0.0116. The Kier molecular flexibility index (Phi) is 2.91. The Hall–Kier alpha value is -0.860. The van der Waals surface area contributed by atoms with Gasteiger partial charge in [0.15, 0.2) is 0 Å². The van der Waals surface area contributed by atoms with Gasteiger partial charge in [0.05, 0.1) is 5.84 Å². The van der Waals surface area contributed by atoms with E-state index in [-0.39, 0.29) is 5.91 Å². The zero-order chi connectivity index (χ0) is 7.44. The molecule has 0 bridgehead atoms. The highest BCUT2D eigenvalue weighted by atomic mass is 16.2. The Morgan fingerprint density at radius 2 is 2.11 bits per heavy atom. The van der Waals surface area contributed by atoms with E-state index in [1.165, 1.54) is 4.90 Å². The quantitative estimate of drug-likeness (QED) is 0.413. The van der Waals surface area contributed by atoms with E-state index in [4.69, 9.17) is 5.41 Å². The van der Waals surface area contributed by atoms with Crippen molar-refractivity contribution in [2.24, 2.45) is 0 Å². The summed E-state index contributed by atoms with van der Waals surface area (Å²) in [4.78, 5) is 12.1. The van der Waals surface area contributed by atoms with Gasteiger partial charge in [0.2, 0.25) is 5.91 Å². The van der Waals surface area contributed by atoms with Gasteiger partial charge in [-0.25, -0.2) is 0 Å². The molecule has 1 amide bonds. The molecule has 0 aliphatic carbocycles. The summed E-state index contributed by atoms with van der Waals surface area (Å²) in [6, 6.07) is 0. The molecule has 3 nitrogen and oxygen atoms in total. The van der Waals surface area contributed by atoms with Crippen LogP contribution in [0.2, 0.25) is 0 Å². The molecule has 0 spiro atoms. The molecule has 0 saturated carbocycles. The van der Waals surface area contributed by atoms with Gasteiger partial charge in [-0.15, -0.1) is 0 Å². The highest BCUT2D eigenvalue weighted by Gasteiger charge is 2.05. The van der Waals surface area contributed by atoms with Gasteiger partial charge in [0.25, 0.3) is 0 Å². The van der Waals surface area contributed by atoms with Crippen LogP contribution in [-0.4, -0.2) is 23.7 Å². The summed E-state index contributed by atoms with van der Waals surface area (Å²) >= 11 is 0. The molecule has 0 aromatic heterocycles. The minimum Gasteiger partial charge on any atom is -0.304 e. The lowest BCUT2D eigenvalue weighted by Crippen LogP contribution is -2.29. The molecule has 0 aromatic rings. The molecule has 52 valence electrons. The van der Waals surface area contributed by atoms with Crippen LogP contribution in [-0.2, 0) is 4.79 Å². The predicted octanol–water partition coefficient (Wildman–Crippen LogP) is 0.852. The number of amides is 1. The summed E-state index contributed by atoms with van der Waals surface area (Å²) in [6.45, 7) is 3.37. The van der Waals surface area contributed by atoms with Crippen LogP contribution < -0.4 is 0 Å². The molecule has 0 radical (unpaired) electrons. The van der Waals surface area contributed by atoms with Crippen molar-refractivity contribution >= 4 is 11.7 Å². The summed E-state index contributed by atoms with van der Waals surface area (Å²) < 4.78 is 0. The molecular weight excluding hydrogens is 116 g/mol. The second-order valence-corrected chi connectivity index (χ2v) is 1.89. The number of nitrogens with one attached hydrogen (secondary N) is 1. The Balaban J connectivity index is 3.88. The van der Waals surface area contributed by atoms with Gasteiger partial charge in [-0.05, 0) is 6.92 Å². The van der Waals surface area contributed by atoms with E-state index in [1.807, 2.05) is 0 Å². The summed E-state index contributed by atoms with van der Waals surface area (Å²) in [6.07, 6.45) is 0.465. The van der Waals surface area contributed by atoms with Crippen molar-refractivity contribution in [2.75, 3.05) is 7.05 Å². The van der Waals surface area contributed by atoms with Crippen molar-refractivity contribution in [3.8, 4) is 0 Å². The molecule has 0 aliphatic heterocycles. The van der Waals surface area contributed by atoms with Crippen LogP contribution in [0.1, 0.15) is 20.3 Å². The lowest BCUT2D eigenvalue weighted by Gasteiger charge is -2.12. The van der Waals surface area contributed by atoms with Crippen molar-refractivity contribution in [2.45, 2.75) is 20.3 Å². The number of nitrogens with zero attached hydrogens (tertiary/aromatic N) is 1. The molecule has 0 aromatic carbocycles. The average molecular weight is 128 g/mol. The first-order valence-electron chi connectivity index (χ1n) is 2.91. The first-order chi connectivity index (χ1) is 4.09. The highest BCUT2D eigenvalue weighted by Crippen LogP contribution is 1.88. The van der Waals surface area contributed by atoms with Gasteiger partial charge in [-0.1, -0.05) is 6.92 Å². The normalized spacial score (nSPS) is 8.78. The maximum Gasteiger partial charge on any atom is 0.227 e. The number of hydrogen-bond acceptors (Lipinski definition) is 2. The molecule has 0 rings (SSSR count). The summed E-state index contributed by atoms with van der Waals surface area (Å²) in [5, 5.41) is 7.04. The van der Waals surface area contributed by atoms with Gasteiger partial charge < -0.3 is 4.90 Å². The third-order valence-electron chi connectivity index (χ3n) is 1.18. The summed E-state index contributed by atoms with van der Waals surface area (Å²) in [5.74, 6) is 0.282. The zero-order valence-corrected chi connectivity index (χ0v) is 6.06. The van der Waals surface area contributed by atoms with Crippen LogP contribution in [0.4, 0.5) is 0 Å². The Morgan fingerprint density at radius 1 is 1.67 bits per heavy atom. The molecule has 0 atom stereocenters. The van der Waals surface area contributed by atoms with E-state index >= 15 is 0 Å². The van der Waals surface area contributed by atoms with Crippen LogP contribution in [0, 0.1) is 5.41 Å². The van der Waals surface area contributed by atoms with Gasteiger partial charge in [-0.2, -0.15) is 0 Å².